The van der Waals surface area contributed by atoms with Gasteiger partial charge in [-0.2, -0.15) is 0 Å². The van der Waals surface area contributed by atoms with Crippen molar-refractivity contribution in [2.75, 3.05) is 0 Å². The fourth-order valence-electron chi connectivity index (χ4n) is 1.37. The smallest absolute Gasteiger partial charge is 0.258 e. The Bertz CT molecular complexity index is 592. The minimum Gasteiger partial charge on any atom is -0.258 e. The fraction of sp³-hybridized carbons (Fsp3) is 0. The van der Waals surface area contributed by atoms with Crippen LogP contribution in [0.25, 0.3) is 11.3 Å². The number of hydrogen-bond acceptors (Lipinski definition) is 4. The Kier molecular flexibility index (Phi) is 3.35. The number of nitro groups is 1. The van der Waals surface area contributed by atoms with Gasteiger partial charge in [0.15, 0.2) is 5.69 Å². The second kappa shape index (κ2) is 4.77. The van der Waals surface area contributed by atoms with Crippen molar-refractivity contribution in [3.63, 3.8) is 0 Å². The van der Waals surface area contributed by atoms with Gasteiger partial charge in [0, 0.05) is 10.0 Å². The maximum atomic E-state index is 11.0. The van der Waals surface area contributed by atoms with Gasteiger partial charge in [-0.15, -0.1) is 0 Å². The van der Waals surface area contributed by atoms with E-state index < -0.39 is 4.92 Å². The molecule has 0 aliphatic carbocycles. The van der Waals surface area contributed by atoms with Gasteiger partial charge in [-0.1, -0.05) is 45.7 Å². The van der Waals surface area contributed by atoms with Gasteiger partial charge in [0.25, 0.3) is 0 Å². The average molecular weight is 315 g/mol. The molecule has 0 spiro atoms. The molecule has 1 heterocycles. The van der Waals surface area contributed by atoms with Gasteiger partial charge in [0.05, 0.1) is 4.92 Å². The maximum Gasteiger partial charge on any atom is 0.332 e. The lowest BCUT2D eigenvalue weighted by molar-refractivity contribution is -0.384. The zero-order valence-corrected chi connectivity index (χ0v) is 10.6. The standard InChI is InChI=1S/C10H5BrClN3O2/c11-7-4-2-1-3-6(7)8-9(15(16)17)10(12)14-5-13-8/h1-5H. The first-order valence-electron chi connectivity index (χ1n) is 4.51. The lowest BCUT2D eigenvalue weighted by Crippen LogP contribution is -1.98. The van der Waals surface area contributed by atoms with E-state index in [1.54, 1.807) is 18.2 Å². The minimum absolute atomic E-state index is 0.171. The zero-order chi connectivity index (χ0) is 12.4. The molecular weight excluding hydrogens is 309 g/mol. The van der Waals surface area contributed by atoms with E-state index in [1.165, 1.54) is 6.33 Å². The average Bonchev–Trinajstić information content (AvgIpc) is 2.28. The molecule has 0 fully saturated rings. The molecule has 0 aliphatic rings. The maximum absolute atomic E-state index is 11.0. The van der Waals surface area contributed by atoms with Gasteiger partial charge < -0.3 is 0 Å². The number of rotatable bonds is 2. The van der Waals surface area contributed by atoms with Crippen molar-refractivity contribution in [2.45, 2.75) is 0 Å². The van der Waals surface area contributed by atoms with E-state index in [4.69, 9.17) is 11.6 Å². The summed E-state index contributed by atoms with van der Waals surface area (Å²) in [6, 6.07) is 7.06. The Morgan fingerprint density at radius 1 is 1.29 bits per heavy atom. The molecule has 0 atom stereocenters. The quantitative estimate of drug-likeness (QED) is 0.483. The molecule has 1 aromatic heterocycles. The highest BCUT2D eigenvalue weighted by Gasteiger charge is 2.23. The second-order valence-electron chi connectivity index (χ2n) is 3.10. The van der Waals surface area contributed by atoms with Crippen LogP contribution in [0.5, 0.6) is 0 Å². The van der Waals surface area contributed by atoms with Crippen molar-refractivity contribution in [3.8, 4) is 11.3 Å². The van der Waals surface area contributed by atoms with E-state index in [0.717, 1.165) is 0 Å². The van der Waals surface area contributed by atoms with Gasteiger partial charge in [-0.25, -0.2) is 9.97 Å². The summed E-state index contributed by atoms with van der Waals surface area (Å²) in [5, 5.41) is 10.8. The van der Waals surface area contributed by atoms with Crippen LogP contribution in [-0.4, -0.2) is 14.9 Å². The lowest BCUT2D eigenvalue weighted by atomic mass is 10.1. The van der Waals surface area contributed by atoms with E-state index in [9.17, 15) is 10.1 Å². The molecule has 17 heavy (non-hydrogen) atoms. The molecule has 2 rings (SSSR count). The lowest BCUT2D eigenvalue weighted by Gasteiger charge is -2.04. The number of aromatic nitrogens is 2. The van der Waals surface area contributed by atoms with Crippen LogP contribution in [0.2, 0.25) is 5.15 Å². The third-order valence-corrected chi connectivity index (χ3v) is 3.06. The summed E-state index contributed by atoms with van der Waals surface area (Å²) in [5.74, 6) is 0. The molecule has 2 aromatic rings. The van der Waals surface area contributed by atoms with Gasteiger partial charge in [0.1, 0.15) is 6.33 Å². The molecule has 0 unspecified atom stereocenters. The molecule has 0 amide bonds. The minimum atomic E-state index is -0.586. The Balaban J connectivity index is 2.72. The third kappa shape index (κ3) is 2.27. The summed E-state index contributed by atoms with van der Waals surface area (Å²) in [6.07, 6.45) is 1.20. The molecule has 0 bridgehead atoms. The van der Waals surface area contributed by atoms with Gasteiger partial charge in [-0.05, 0) is 6.07 Å². The first-order valence-corrected chi connectivity index (χ1v) is 5.68. The molecule has 0 aliphatic heterocycles. The molecule has 0 saturated heterocycles. The summed E-state index contributed by atoms with van der Waals surface area (Å²) in [6.45, 7) is 0. The van der Waals surface area contributed by atoms with Crippen LogP contribution in [0.15, 0.2) is 35.1 Å². The highest BCUT2D eigenvalue weighted by Crippen LogP contribution is 2.35. The molecule has 0 N–H and O–H groups in total. The molecular formula is C10H5BrClN3O2. The van der Waals surface area contributed by atoms with Gasteiger partial charge >= 0.3 is 5.69 Å². The number of halogens is 2. The number of nitrogens with zero attached hydrogens (tertiary/aromatic N) is 3. The first kappa shape index (κ1) is 11.9. The molecule has 1 aromatic carbocycles. The third-order valence-electron chi connectivity index (χ3n) is 2.09. The van der Waals surface area contributed by atoms with Crippen LogP contribution in [-0.2, 0) is 0 Å². The Labute approximate surface area is 110 Å². The van der Waals surface area contributed by atoms with Crippen molar-refractivity contribution in [2.24, 2.45) is 0 Å². The van der Waals surface area contributed by atoms with Crippen molar-refractivity contribution < 1.29 is 4.92 Å². The zero-order valence-electron chi connectivity index (χ0n) is 8.30. The molecule has 0 radical (unpaired) electrons. The summed E-state index contributed by atoms with van der Waals surface area (Å²) in [7, 11) is 0. The summed E-state index contributed by atoms with van der Waals surface area (Å²) >= 11 is 9.03. The second-order valence-corrected chi connectivity index (χ2v) is 4.31. The van der Waals surface area contributed by atoms with Crippen LogP contribution in [0.4, 0.5) is 5.69 Å². The number of benzene rings is 1. The first-order chi connectivity index (χ1) is 8.11. The normalized spacial score (nSPS) is 10.2. The van der Waals surface area contributed by atoms with Crippen LogP contribution in [0.3, 0.4) is 0 Å². The predicted octanol–water partition coefficient (Wildman–Crippen LogP) is 3.47. The highest BCUT2D eigenvalue weighted by atomic mass is 79.9. The van der Waals surface area contributed by atoms with E-state index >= 15 is 0 Å². The molecule has 7 heteroatoms. The van der Waals surface area contributed by atoms with Crippen LogP contribution < -0.4 is 0 Å². The Morgan fingerprint density at radius 3 is 2.65 bits per heavy atom. The van der Waals surface area contributed by atoms with E-state index in [1.807, 2.05) is 6.07 Å². The van der Waals surface area contributed by atoms with Crippen LogP contribution in [0, 0.1) is 10.1 Å². The van der Waals surface area contributed by atoms with Crippen LogP contribution >= 0.6 is 27.5 Å². The molecule has 5 nitrogen and oxygen atoms in total. The molecule has 86 valence electrons. The van der Waals surface area contributed by atoms with Crippen molar-refractivity contribution in [1.82, 2.24) is 9.97 Å². The van der Waals surface area contributed by atoms with E-state index in [-0.39, 0.29) is 16.5 Å². The highest BCUT2D eigenvalue weighted by molar-refractivity contribution is 9.10. The summed E-state index contributed by atoms with van der Waals surface area (Å²) < 4.78 is 0.706. The Hall–Kier alpha value is -1.53. The van der Waals surface area contributed by atoms with Crippen LogP contribution in [0.1, 0.15) is 0 Å². The summed E-state index contributed by atoms with van der Waals surface area (Å²) in [5.41, 5.74) is 0.507. The van der Waals surface area contributed by atoms with Crippen molar-refractivity contribution in [3.05, 3.63) is 50.3 Å². The van der Waals surface area contributed by atoms with Crippen molar-refractivity contribution in [1.29, 1.82) is 0 Å². The number of hydrogen-bond donors (Lipinski definition) is 0. The Morgan fingerprint density at radius 2 is 2.00 bits per heavy atom. The SMILES string of the molecule is O=[N+]([O-])c1c(Cl)ncnc1-c1ccccc1Br. The van der Waals surface area contributed by atoms with E-state index in [2.05, 4.69) is 25.9 Å². The molecule has 0 saturated carbocycles. The fourth-order valence-corrected chi connectivity index (χ4v) is 2.04. The monoisotopic (exact) mass is 313 g/mol. The summed E-state index contributed by atoms with van der Waals surface area (Å²) in [4.78, 5) is 17.9. The largest absolute Gasteiger partial charge is 0.332 e. The van der Waals surface area contributed by atoms with E-state index in [0.29, 0.717) is 10.0 Å². The van der Waals surface area contributed by atoms with Gasteiger partial charge in [-0.3, -0.25) is 10.1 Å². The van der Waals surface area contributed by atoms with Gasteiger partial charge in [0.2, 0.25) is 5.15 Å². The predicted molar refractivity (Wildman–Crippen MR) is 66.8 cm³/mol. The van der Waals surface area contributed by atoms with Crippen molar-refractivity contribution >= 4 is 33.2 Å². The topological polar surface area (TPSA) is 68.9 Å².